The molecule has 1 amide bonds. The minimum Gasteiger partial charge on any atom is -0.497 e. The first-order valence-corrected chi connectivity index (χ1v) is 7.54. The van der Waals surface area contributed by atoms with Crippen LogP contribution in [0.25, 0.3) is 0 Å². The van der Waals surface area contributed by atoms with Gasteiger partial charge in [0.15, 0.2) is 0 Å². The molecule has 112 valence electrons. The minimum atomic E-state index is 0.240. The van der Waals surface area contributed by atoms with E-state index in [2.05, 4.69) is 20.8 Å². The summed E-state index contributed by atoms with van der Waals surface area (Å²) in [6.45, 7) is 8.06. The van der Waals surface area contributed by atoms with E-state index < -0.39 is 0 Å². The highest BCUT2D eigenvalue weighted by Gasteiger charge is 2.16. The fourth-order valence-corrected chi connectivity index (χ4v) is 2.34. The molecule has 0 N–H and O–H groups in total. The smallest absolute Gasteiger partial charge is 0.223 e. The fraction of sp³-hybridized carbons (Fsp3) is 0.588. The van der Waals surface area contributed by atoms with Gasteiger partial charge in [-0.05, 0) is 36.5 Å². The van der Waals surface area contributed by atoms with E-state index in [9.17, 15) is 4.79 Å². The van der Waals surface area contributed by atoms with Crippen molar-refractivity contribution in [1.82, 2.24) is 4.90 Å². The molecule has 0 heterocycles. The summed E-state index contributed by atoms with van der Waals surface area (Å²) in [5, 5.41) is 0. The number of methoxy groups -OCH3 is 1. The zero-order valence-electron chi connectivity index (χ0n) is 13.2. The number of amides is 1. The Labute approximate surface area is 122 Å². The summed E-state index contributed by atoms with van der Waals surface area (Å²) in [5.41, 5.74) is 1.19. The van der Waals surface area contributed by atoms with Crippen molar-refractivity contribution in [2.75, 3.05) is 20.2 Å². The Bertz CT molecular complexity index is 394. The van der Waals surface area contributed by atoms with Gasteiger partial charge in [0, 0.05) is 19.5 Å². The molecule has 3 heteroatoms. The van der Waals surface area contributed by atoms with Crippen LogP contribution in [0, 0.1) is 0 Å². The Hall–Kier alpha value is -1.51. The van der Waals surface area contributed by atoms with Gasteiger partial charge in [0.1, 0.15) is 5.75 Å². The van der Waals surface area contributed by atoms with Crippen molar-refractivity contribution in [2.45, 2.75) is 46.0 Å². The molecule has 0 bridgehead atoms. The quantitative estimate of drug-likeness (QED) is 0.722. The first kappa shape index (κ1) is 16.5. The van der Waals surface area contributed by atoms with Crippen molar-refractivity contribution in [2.24, 2.45) is 0 Å². The monoisotopic (exact) mass is 277 g/mol. The van der Waals surface area contributed by atoms with Crippen LogP contribution in [0.1, 0.15) is 51.5 Å². The lowest BCUT2D eigenvalue weighted by atomic mass is 9.97. The number of carbonyl (C=O) groups excluding carboxylic acids is 1. The van der Waals surface area contributed by atoms with E-state index in [4.69, 9.17) is 4.74 Å². The number of nitrogens with zero attached hydrogens (tertiary/aromatic N) is 1. The third kappa shape index (κ3) is 4.87. The van der Waals surface area contributed by atoms with Crippen LogP contribution in [-0.2, 0) is 4.79 Å². The molecule has 0 aliphatic heterocycles. The van der Waals surface area contributed by atoms with Gasteiger partial charge in [-0.2, -0.15) is 0 Å². The standard InChI is InChI=1S/C17H27NO2/c1-5-11-18(12-6-2)17(19)13-14(3)15-7-9-16(20-4)10-8-15/h7-10,14H,5-6,11-13H2,1-4H3. The lowest BCUT2D eigenvalue weighted by Crippen LogP contribution is -2.33. The average Bonchev–Trinajstić information content (AvgIpc) is 2.47. The van der Waals surface area contributed by atoms with Gasteiger partial charge >= 0.3 is 0 Å². The maximum absolute atomic E-state index is 12.3. The van der Waals surface area contributed by atoms with Crippen molar-refractivity contribution in [3.8, 4) is 5.75 Å². The maximum Gasteiger partial charge on any atom is 0.223 e. The van der Waals surface area contributed by atoms with E-state index >= 15 is 0 Å². The zero-order valence-corrected chi connectivity index (χ0v) is 13.2. The largest absolute Gasteiger partial charge is 0.497 e. The molecular weight excluding hydrogens is 250 g/mol. The molecule has 0 spiro atoms. The summed E-state index contributed by atoms with van der Waals surface area (Å²) >= 11 is 0. The molecule has 0 saturated carbocycles. The van der Waals surface area contributed by atoms with Crippen molar-refractivity contribution in [1.29, 1.82) is 0 Å². The Morgan fingerprint density at radius 1 is 1.15 bits per heavy atom. The van der Waals surface area contributed by atoms with E-state index in [1.807, 2.05) is 29.2 Å². The van der Waals surface area contributed by atoms with E-state index in [1.54, 1.807) is 7.11 Å². The highest BCUT2D eigenvalue weighted by Crippen LogP contribution is 2.22. The van der Waals surface area contributed by atoms with Crippen LogP contribution in [0.5, 0.6) is 5.75 Å². The second-order valence-corrected chi connectivity index (χ2v) is 5.26. The highest BCUT2D eigenvalue weighted by atomic mass is 16.5. The molecular formula is C17H27NO2. The van der Waals surface area contributed by atoms with Crippen molar-refractivity contribution in [3.63, 3.8) is 0 Å². The Kier molecular flexibility index (Phi) is 7.13. The number of rotatable bonds is 8. The average molecular weight is 277 g/mol. The van der Waals surface area contributed by atoms with Gasteiger partial charge in [-0.15, -0.1) is 0 Å². The van der Waals surface area contributed by atoms with Crippen LogP contribution in [0.2, 0.25) is 0 Å². The third-order valence-electron chi connectivity index (χ3n) is 3.51. The molecule has 0 saturated heterocycles. The van der Waals surface area contributed by atoms with Crippen LogP contribution < -0.4 is 4.74 Å². The van der Waals surface area contributed by atoms with E-state index in [0.717, 1.165) is 31.7 Å². The number of hydrogen-bond donors (Lipinski definition) is 0. The normalized spacial score (nSPS) is 12.0. The van der Waals surface area contributed by atoms with Crippen LogP contribution in [0.15, 0.2) is 24.3 Å². The maximum atomic E-state index is 12.3. The van der Waals surface area contributed by atoms with E-state index in [1.165, 1.54) is 5.56 Å². The molecule has 0 fully saturated rings. The van der Waals surface area contributed by atoms with Gasteiger partial charge < -0.3 is 9.64 Å². The predicted molar refractivity (Wildman–Crippen MR) is 83.2 cm³/mol. The number of benzene rings is 1. The lowest BCUT2D eigenvalue weighted by molar-refractivity contribution is -0.131. The van der Waals surface area contributed by atoms with Crippen molar-refractivity contribution < 1.29 is 9.53 Å². The minimum absolute atomic E-state index is 0.240. The molecule has 1 atom stereocenters. The van der Waals surface area contributed by atoms with Gasteiger partial charge in [0.2, 0.25) is 5.91 Å². The summed E-state index contributed by atoms with van der Waals surface area (Å²) in [6.07, 6.45) is 2.61. The zero-order chi connectivity index (χ0) is 15.0. The van der Waals surface area contributed by atoms with Gasteiger partial charge in [0.05, 0.1) is 7.11 Å². The Morgan fingerprint density at radius 2 is 1.70 bits per heavy atom. The van der Waals surface area contributed by atoms with Crippen molar-refractivity contribution in [3.05, 3.63) is 29.8 Å². The molecule has 0 radical (unpaired) electrons. The molecule has 0 aromatic heterocycles. The highest BCUT2D eigenvalue weighted by molar-refractivity contribution is 5.77. The second kappa shape index (κ2) is 8.62. The molecule has 1 unspecified atom stereocenters. The van der Waals surface area contributed by atoms with E-state index in [-0.39, 0.29) is 11.8 Å². The summed E-state index contributed by atoms with van der Waals surface area (Å²) in [6, 6.07) is 7.99. The van der Waals surface area contributed by atoms with Crippen LogP contribution in [0.4, 0.5) is 0 Å². The van der Waals surface area contributed by atoms with Gasteiger partial charge in [-0.25, -0.2) is 0 Å². The van der Waals surface area contributed by atoms with Gasteiger partial charge in [-0.1, -0.05) is 32.9 Å². The molecule has 20 heavy (non-hydrogen) atoms. The molecule has 1 aromatic rings. The first-order chi connectivity index (χ1) is 9.62. The van der Waals surface area contributed by atoms with Crippen LogP contribution in [-0.4, -0.2) is 31.0 Å². The van der Waals surface area contributed by atoms with Gasteiger partial charge in [-0.3, -0.25) is 4.79 Å². The molecule has 0 aliphatic carbocycles. The lowest BCUT2D eigenvalue weighted by Gasteiger charge is -2.23. The SMILES string of the molecule is CCCN(CCC)C(=O)CC(C)c1ccc(OC)cc1. The third-order valence-corrected chi connectivity index (χ3v) is 3.51. The number of hydrogen-bond acceptors (Lipinski definition) is 2. The first-order valence-electron chi connectivity index (χ1n) is 7.54. The summed E-state index contributed by atoms with van der Waals surface area (Å²) in [7, 11) is 1.66. The summed E-state index contributed by atoms with van der Waals surface area (Å²) < 4.78 is 5.16. The summed E-state index contributed by atoms with van der Waals surface area (Å²) in [5.74, 6) is 1.35. The summed E-state index contributed by atoms with van der Waals surface area (Å²) in [4.78, 5) is 14.3. The number of ether oxygens (including phenoxy) is 1. The van der Waals surface area contributed by atoms with Crippen LogP contribution >= 0.6 is 0 Å². The number of carbonyl (C=O) groups is 1. The molecule has 0 aliphatic rings. The molecule has 1 aromatic carbocycles. The molecule has 3 nitrogen and oxygen atoms in total. The molecule has 1 rings (SSSR count). The predicted octanol–water partition coefficient (Wildman–Crippen LogP) is 3.84. The van der Waals surface area contributed by atoms with E-state index in [0.29, 0.717) is 6.42 Å². The Balaban J connectivity index is 2.62. The van der Waals surface area contributed by atoms with Crippen LogP contribution in [0.3, 0.4) is 0 Å². The fourth-order valence-electron chi connectivity index (χ4n) is 2.34. The Morgan fingerprint density at radius 3 is 2.15 bits per heavy atom. The second-order valence-electron chi connectivity index (χ2n) is 5.26. The topological polar surface area (TPSA) is 29.5 Å². The van der Waals surface area contributed by atoms with Gasteiger partial charge in [0.25, 0.3) is 0 Å². The van der Waals surface area contributed by atoms with Crippen molar-refractivity contribution >= 4 is 5.91 Å².